The van der Waals surface area contributed by atoms with E-state index in [1.807, 2.05) is 0 Å². The molecular formula is C17H36N2. The van der Waals surface area contributed by atoms with Gasteiger partial charge in [-0.25, -0.2) is 0 Å². The summed E-state index contributed by atoms with van der Waals surface area (Å²) in [4.78, 5) is 2.66. The Morgan fingerprint density at radius 1 is 1.11 bits per heavy atom. The van der Waals surface area contributed by atoms with E-state index in [1.54, 1.807) is 0 Å². The van der Waals surface area contributed by atoms with Crippen LogP contribution in [0.4, 0.5) is 0 Å². The summed E-state index contributed by atoms with van der Waals surface area (Å²) >= 11 is 0. The first-order chi connectivity index (χ1) is 9.19. The molecule has 114 valence electrons. The fourth-order valence-corrected chi connectivity index (χ4v) is 3.35. The lowest BCUT2D eigenvalue weighted by molar-refractivity contribution is 0.121. The van der Waals surface area contributed by atoms with Crippen LogP contribution in [-0.2, 0) is 0 Å². The first-order valence-electron chi connectivity index (χ1n) is 8.61. The predicted molar refractivity (Wildman–Crippen MR) is 85.7 cm³/mol. The molecule has 1 aliphatic carbocycles. The third kappa shape index (κ3) is 6.27. The van der Waals surface area contributed by atoms with Crippen LogP contribution in [0.1, 0.15) is 72.1 Å². The Morgan fingerprint density at radius 3 is 2.37 bits per heavy atom. The van der Waals surface area contributed by atoms with E-state index in [4.69, 9.17) is 0 Å². The topological polar surface area (TPSA) is 15.3 Å². The number of hydrogen-bond donors (Lipinski definition) is 1. The molecule has 1 saturated carbocycles. The number of nitrogens with zero attached hydrogens (tertiary/aromatic N) is 1. The summed E-state index contributed by atoms with van der Waals surface area (Å²) in [6.45, 7) is 9.35. The molecule has 2 nitrogen and oxygen atoms in total. The van der Waals surface area contributed by atoms with Gasteiger partial charge in [-0.2, -0.15) is 0 Å². The molecule has 0 aromatic carbocycles. The molecule has 0 radical (unpaired) electrons. The van der Waals surface area contributed by atoms with Gasteiger partial charge >= 0.3 is 0 Å². The zero-order valence-corrected chi connectivity index (χ0v) is 13.8. The van der Waals surface area contributed by atoms with E-state index in [-0.39, 0.29) is 0 Å². The van der Waals surface area contributed by atoms with Crippen molar-refractivity contribution in [2.75, 3.05) is 20.1 Å². The molecule has 1 N–H and O–H groups in total. The first kappa shape index (κ1) is 17.0. The summed E-state index contributed by atoms with van der Waals surface area (Å²) in [7, 11) is 2.35. The second-order valence-electron chi connectivity index (χ2n) is 6.49. The number of hydrogen-bond acceptors (Lipinski definition) is 2. The average molecular weight is 268 g/mol. The third-order valence-electron chi connectivity index (χ3n) is 5.07. The van der Waals surface area contributed by atoms with E-state index in [9.17, 15) is 0 Å². The molecule has 1 atom stereocenters. The molecule has 0 heterocycles. The van der Waals surface area contributed by atoms with Crippen LogP contribution < -0.4 is 5.32 Å². The zero-order valence-electron chi connectivity index (χ0n) is 13.8. The molecule has 0 bridgehead atoms. The maximum absolute atomic E-state index is 3.50. The van der Waals surface area contributed by atoms with Crippen molar-refractivity contribution in [3.05, 3.63) is 0 Å². The van der Waals surface area contributed by atoms with E-state index in [1.165, 1.54) is 64.5 Å². The van der Waals surface area contributed by atoms with E-state index in [0.29, 0.717) is 0 Å². The Bertz CT molecular complexity index is 209. The minimum atomic E-state index is 0.742. The minimum Gasteiger partial charge on any atom is -0.317 e. The van der Waals surface area contributed by atoms with Crippen molar-refractivity contribution in [3.63, 3.8) is 0 Å². The molecule has 19 heavy (non-hydrogen) atoms. The van der Waals surface area contributed by atoms with Crippen molar-refractivity contribution >= 4 is 0 Å². The largest absolute Gasteiger partial charge is 0.317 e. The molecule has 2 heteroatoms. The van der Waals surface area contributed by atoms with Gasteiger partial charge in [0.1, 0.15) is 0 Å². The summed E-state index contributed by atoms with van der Waals surface area (Å²) in [6.07, 6.45) is 11.0. The van der Waals surface area contributed by atoms with Crippen LogP contribution in [0.25, 0.3) is 0 Å². The van der Waals surface area contributed by atoms with Crippen LogP contribution >= 0.6 is 0 Å². The molecule has 0 spiro atoms. The Balaban J connectivity index is 2.15. The van der Waals surface area contributed by atoms with Crippen molar-refractivity contribution in [1.29, 1.82) is 0 Å². The van der Waals surface area contributed by atoms with E-state index < -0.39 is 0 Å². The summed E-state index contributed by atoms with van der Waals surface area (Å²) in [5.74, 6) is 1.01. The highest BCUT2D eigenvalue weighted by Crippen LogP contribution is 2.30. The Labute approximate surface area is 121 Å². The maximum atomic E-state index is 3.50. The van der Waals surface area contributed by atoms with E-state index in [0.717, 1.165) is 18.0 Å². The first-order valence-corrected chi connectivity index (χ1v) is 8.61. The highest BCUT2D eigenvalue weighted by atomic mass is 15.2. The van der Waals surface area contributed by atoms with Crippen LogP contribution in [-0.4, -0.2) is 37.1 Å². The van der Waals surface area contributed by atoms with Crippen LogP contribution in [0.5, 0.6) is 0 Å². The maximum Gasteiger partial charge on any atom is 0.00952 e. The van der Waals surface area contributed by atoms with Gasteiger partial charge in [-0.3, -0.25) is 0 Å². The van der Waals surface area contributed by atoms with Gasteiger partial charge in [0.05, 0.1) is 0 Å². The third-order valence-corrected chi connectivity index (χ3v) is 5.07. The van der Waals surface area contributed by atoms with Crippen LogP contribution in [0.3, 0.4) is 0 Å². The standard InChI is InChI=1S/C17H36N2/c1-5-13-18-14-7-8-15(3)19(4)17-11-9-16(6-2)10-12-17/h15-18H,5-14H2,1-4H3. The highest BCUT2D eigenvalue weighted by Gasteiger charge is 2.25. The fraction of sp³-hybridized carbons (Fsp3) is 1.00. The molecule has 0 aromatic rings. The second-order valence-corrected chi connectivity index (χ2v) is 6.49. The molecule has 1 fully saturated rings. The van der Waals surface area contributed by atoms with E-state index in [2.05, 4.69) is 38.0 Å². The summed E-state index contributed by atoms with van der Waals surface area (Å²) in [6, 6.07) is 1.59. The summed E-state index contributed by atoms with van der Waals surface area (Å²) in [5.41, 5.74) is 0. The number of nitrogens with one attached hydrogen (secondary N) is 1. The van der Waals surface area contributed by atoms with Crippen LogP contribution in [0, 0.1) is 5.92 Å². The van der Waals surface area contributed by atoms with Crippen LogP contribution in [0.2, 0.25) is 0 Å². The van der Waals surface area contributed by atoms with Gasteiger partial charge in [0.2, 0.25) is 0 Å². The molecule has 0 aliphatic heterocycles. The molecular weight excluding hydrogens is 232 g/mol. The van der Waals surface area contributed by atoms with Gasteiger partial charge in [0.15, 0.2) is 0 Å². The monoisotopic (exact) mass is 268 g/mol. The molecule has 1 unspecified atom stereocenters. The van der Waals surface area contributed by atoms with Gasteiger partial charge in [-0.05, 0) is 77.9 Å². The molecule has 0 amide bonds. The Kier molecular flexibility index (Phi) is 8.72. The lowest BCUT2D eigenvalue weighted by atomic mass is 9.83. The van der Waals surface area contributed by atoms with Gasteiger partial charge in [-0.15, -0.1) is 0 Å². The summed E-state index contributed by atoms with van der Waals surface area (Å²) < 4.78 is 0. The minimum absolute atomic E-state index is 0.742. The van der Waals surface area contributed by atoms with Gasteiger partial charge < -0.3 is 10.2 Å². The van der Waals surface area contributed by atoms with Crippen molar-refractivity contribution in [2.45, 2.75) is 84.2 Å². The van der Waals surface area contributed by atoms with Crippen molar-refractivity contribution in [1.82, 2.24) is 10.2 Å². The van der Waals surface area contributed by atoms with Gasteiger partial charge in [0.25, 0.3) is 0 Å². The average Bonchev–Trinajstić information content (AvgIpc) is 2.46. The molecule has 0 saturated heterocycles. The quantitative estimate of drug-likeness (QED) is 0.635. The fourth-order valence-electron chi connectivity index (χ4n) is 3.35. The smallest absolute Gasteiger partial charge is 0.00952 e. The lowest BCUT2D eigenvalue weighted by Gasteiger charge is -2.38. The van der Waals surface area contributed by atoms with Crippen LogP contribution in [0.15, 0.2) is 0 Å². The lowest BCUT2D eigenvalue weighted by Crippen LogP contribution is -2.41. The summed E-state index contributed by atoms with van der Waals surface area (Å²) in [5, 5.41) is 3.50. The van der Waals surface area contributed by atoms with E-state index >= 15 is 0 Å². The Hall–Kier alpha value is -0.0800. The molecule has 1 rings (SSSR count). The van der Waals surface area contributed by atoms with Gasteiger partial charge in [-0.1, -0.05) is 20.3 Å². The second kappa shape index (κ2) is 9.77. The zero-order chi connectivity index (χ0) is 14.1. The van der Waals surface area contributed by atoms with Crippen molar-refractivity contribution < 1.29 is 0 Å². The van der Waals surface area contributed by atoms with Crippen molar-refractivity contribution in [3.8, 4) is 0 Å². The van der Waals surface area contributed by atoms with Crippen molar-refractivity contribution in [2.24, 2.45) is 5.92 Å². The Morgan fingerprint density at radius 2 is 1.79 bits per heavy atom. The predicted octanol–water partition coefficient (Wildman–Crippen LogP) is 4.06. The SMILES string of the molecule is CCCNCCCC(C)N(C)C1CCC(CC)CC1. The molecule has 0 aromatic heterocycles. The van der Waals surface area contributed by atoms with Gasteiger partial charge in [0, 0.05) is 12.1 Å². The molecule has 1 aliphatic rings. The highest BCUT2D eigenvalue weighted by molar-refractivity contribution is 4.80. The normalized spacial score (nSPS) is 25.7. The number of rotatable bonds is 9.